The number of amides is 3. The number of nitrogens with two attached hydrogens (primary N) is 2. The van der Waals surface area contributed by atoms with Crippen LogP contribution in [0.3, 0.4) is 0 Å². The summed E-state index contributed by atoms with van der Waals surface area (Å²) in [5.41, 5.74) is 10.4. The molecule has 0 aliphatic carbocycles. The molecule has 0 aliphatic heterocycles. The third-order valence-electron chi connectivity index (χ3n) is 2.06. The monoisotopic (exact) mass is 246 g/mol. The van der Waals surface area contributed by atoms with E-state index in [0.717, 1.165) is 0 Å². The Labute approximate surface area is 98.7 Å². The number of primary amides is 1. The molecule has 3 amide bonds. The molecule has 98 valence electrons. The predicted octanol–water partition coefficient (Wildman–Crippen LogP) is -1.65. The molecule has 0 heterocycles. The number of carboxylic acids is 1. The van der Waals surface area contributed by atoms with Gasteiger partial charge in [-0.2, -0.15) is 0 Å². The Hall–Kier alpha value is -1.83. The van der Waals surface area contributed by atoms with Gasteiger partial charge in [-0.25, -0.2) is 4.79 Å². The molecule has 8 heteroatoms. The maximum atomic E-state index is 11.4. The van der Waals surface area contributed by atoms with E-state index in [0.29, 0.717) is 19.4 Å². The summed E-state index contributed by atoms with van der Waals surface area (Å²) in [6.07, 6.45) is 0.817. The number of carboxylic acid groups (broad SMARTS) is 1. The van der Waals surface area contributed by atoms with E-state index in [1.165, 1.54) is 6.92 Å². The van der Waals surface area contributed by atoms with Crippen LogP contribution in [0.1, 0.15) is 19.8 Å². The fraction of sp³-hybridized carbons (Fsp3) is 0.667. The SMILES string of the molecule is C[C@H](NC(=O)[C@H](N)CCCNC(N)=O)C(=O)O. The zero-order valence-electron chi connectivity index (χ0n) is 9.60. The van der Waals surface area contributed by atoms with Gasteiger partial charge in [0.05, 0.1) is 6.04 Å². The Morgan fingerprint density at radius 3 is 2.41 bits per heavy atom. The van der Waals surface area contributed by atoms with Gasteiger partial charge >= 0.3 is 12.0 Å². The van der Waals surface area contributed by atoms with Crippen molar-refractivity contribution in [1.29, 1.82) is 0 Å². The first kappa shape index (κ1) is 15.2. The summed E-state index contributed by atoms with van der Waals surface area (Å²) < 4.78 is 0. The molecule has 2 atom stereocenters. The highest BCUT2D eigenvalue weighted by atomic mass is 16.4. The second-order valence-electron chi connectivity index (χ2n) is 3.61. The number of nitrogens with one attached hydrogen (secondary N) is 2. The average molecular weight is 246 g/mol. The van der Waals surface area contributed by atoms with Gasteiger partial charge in [0.1, 0.15) is 6.04 Å². The van der Waals surface area contributed by atoms with Crippen molar-refractivity contribution in [2.45, 2.75) is 31.8 Å². The number of carbonyl (C=O) groups is 3. The van der Waals surface area contributed by atoms with Crippen molar-refractivity contribution in [3.05, 3.63) is 0 Å². The van der Waals surface area contributed by atoms with Crippen molar-refractivity contribution in [3.63, 3.8) is 0 Å². The minimum Gasteiger partial charge on any atom is -0.480 e. The molecule has 0 rings (SSSR count). The lowest BCUT2D eigenvalue weighted by molar-refractivity contribution is -0.141. The summed E-state index contributed by atoms with van der Waals surface area (Å²) in [5.74, 6) is -1.65. The van der Waals surface area contributed by atoms with Crippen molar-refractivity contribution >= 4 is 17.9 Å². The first-order valence-electron chi connectivity index (χ1n) is 5.16. The van der Waals surface area contributed by atoms with Gasteiger partial charge in [0.15, 0.2) is 0 Å². The van der Waals surface area contributed by atoms with Gasteiger partial charge in [-0.15, -0.1) is 0 Å². The maximum Gasteiger partial charge on any atom is 0.325 e. The quantitative estimate of drug-likeness (QED) is 0.341. The van der Waals surface area contributed by atoms with E-state index in [1.54, 1.807) is 0 Å². The van der Waals surface area contributed by atoms with E-state index in [9.17, 15) is 14.4 Å². The van der Waals surface area contributed by atoms with Crippen LogP contribution < -0.4 is 22.1 Å². The van der Waals surface area contributed by atoms with E-state index in [2.05, 4.69) is 10.6 Å². The van der Waals surface area contributed by atoms with Crippen LogP contribution in [0.15, 0.2) is 0 Å². The van der Waals surface area contributed by atoms with Gasteiger partial charge < -0.3 is 27.2 Å². The van der Waals surface area contributed by atoms with Crippen LogP contribution in [-0.2, 0) is 9.59 Å². The smallest absolute Gasteiger partial charge is 0.325 e. The van der Waals surface area contributed by atoms with Crippen LogP contribution in [0.5, 0.6) is 0 Å². The molecule has 8 nitrogen and oxygen atoms in total. The first-order chi connectivity index (χ1) is 7.84. The summed E-state index contributed by atoms with van der Waals surface area (Å²) in [5, 5.41) is 13.2. The summed E-state index contributed by atoms with van der Waals surface area (Å²) in [7, 11) is 0. The number of hydrogen-bond acceptors (Lipinski definition) is 4. The topological polar surface area (TPSA) is 148 Å². The molecule has 0 fully saturated rings. The number of hydrogen-bond donors (Lipinski definition) is 5. The Balaban J connectivity index is 3.82. The third kappa shape index (κ3) is 7.12. The van der Waals surface area contributed by atoms with Gasteiger partial charge in [0, 0.05) is 6.54 Å². The van der Waals surface area contributed by atoms with E-state index in [4.69, 9.17) is 16.6 Å². The Kier molecular flexibility index (Phi) is 6.64. The van der Waals surface area contributed by atoms with Crippen molar-refractivity contribution in [3.8, 4) is 0 Å². The minimum absolute atomic E-state index is 0.324. The third-order valence-corrected chi connectivity index (χ3v) is 2.06. The van der Waals surface area contributed by atoms with Crippen LogP contribution in [0.4, 0.5) is 4.79 Å². The fourth-order valence-electron chi connectivity index (χ4n) is 1.05. The van der Waals surface area contributed by atoms with Crippen molar-refractivity contribution in [1.82, 2.24) is 10.6 Å². The largest absolute Gasteiger partial charge is 0.480 e. The highest BCUT2D eigenvalue weighted by molar-refractivity contribution is 5.86. The highest BCUT2D eigenvalue weighted by Crippen LogP contribution is 1.94. The zero-order valence-corrected chi connectivity index (χ0v) is 9.60. The predicted molar refractivity (Wildman–Crippen MR) is 60.0 cm³/mol. The van der Waals surface area contributed by atoms with Crippen molar-refractivity contribution in [2.24, 2.45) is 11.5 Å². The van der Waals surface area contributed by atoms with E-state index in [1.807, 2.05) is 0 Å². The maximum absolute atomic E-state index is 11.4. The van der Waals surface area contributed by atoms with Gasteiger partial charge in [-0.05, 0) is 19.8 Å². The van der Waals surface area contributed by atoms with Crippen molar-refractivity contribution < 1.29 is 19.5 Å². The normalized spacial score (nSPS) is 13.5. The van der Waals surface area contributed by atoms with Crippen LogP contribution in [-0.4, -0.2) is 41.6 Å². The van der Waals surface area contributed by atoms with Crippen LogP contribution in [0.2, 0.25) is 0 Å². The lowest BCUT2D eigenvalue weighted by Crippen LogP contribution is -2.47. The van der Waals surface area contributed by atoms with E-state index in [-0.39, 0.29) is 0 Å². The molecule has 0 aliphatic rings. The molecule has 0 spiro atoms. The summed E-state index contributed by atoms with van der Waals surface area (Å²) in [6.45, 7) is 1.67. The van der Waals surface area contributed by atoms with Crippen LogP contribution >= 0.6 is 0 Å². The summed E-state index contributed by atoms with van der Waals surface area (Å²) in [6, 6.07) is -2.41. The lowest BCUT2D eigenvalue weighted by atomic mass is 10.1. The Bertz CT molecular complexity index is 295. The van der Waals surface area contributed by atoms with E-state index >= 15 is 0 Å². The van der Waals surface area contributed by atoms with Crippen LogP contribution in [0.25, 0.3) is 0 Å². The molecule has 7 N–H and O–H groups in total. The second-order valence-corrected chi connectivity index (χ2v) is 3.61. The molecular weight excluding hydrogens is 228 g/mol. The molecule has 0 saturated heterocycles. The molecule has 0 saturated carbocycles. The van der Waals surface area contributed by atoms with Crippen LogP contribution in [0, 0.1) is 0 Å². The molecule has 0 aromatic carbocycles. The van der Waals surface area contributed by atoms with Gasteiger partial charge in [-0.1, -0.05) is 0 Å². The molecule has 0 bridgehead atoms. The fourth-order valence-corrected chi connectivity index (χ4v) is 1.05. The number of carbonyl (C=O) groups excluding carboxylic acids is 2. The molecule has 0 radical (unpaired) electrons. The first-order valence-corrected chi connectivity index (χ1v) is 5.16. The summed E-state index contributed by atoms with van der Waals surface area (Å²) >= 11 is 0. The molecule has 0 unspecified atom stereocenters. The Morgan fingerprint density at radius 2 is 1.94 bits per heavy atom. The van der Waals surface area contributed by atoms with Gasteiger partial charge in [0.2, 0.25) is 5.91 Å². The average Bonchev–Trinajstić information content (AvgIpc) is 2.23. The number of urea groups is 1. The minimum atomic E-state index is -1.12. The summed E-state index contributed by atoms with van der Waals surface area (Å²) in [4.78, 5) is 32.2. The lowest BCUT2D eigenvalue weighted by Gasteiger charge is -2.14. The zero-order chi connectivity index (χ0) is 13.4. The van der Waals surface area contributed by atoms with Crippen molar-refractivity contribution in [2.75, 3.05) is 6.54 Å². The molecule has 17 heavy (non-hydrogen) atoms. The number of rotatable bonds is 7. The standard InChI is InChI=1S/C9H18N4O4/c1-5(8(15)16)13-7(14)6(10)3-2-4-12-9(11)17/h5-6H,2-4,10H2,1H3,(H,13,14)(H,15,16)(H3,11,12,17)/t5-,6+/m0/s1. The van der Waals surface area contributed by atoms with E-state index < -0.39 is 30.0 Å². The Morgan fingerprint density at radius 1 is 1.35 bits per heavy atom. The second kappa shape index (κ2) is 7.44. The molecular formula is C9H18N4O4. The highest BCUT2D eigenvalue weighted by Gasteiger charge is 2.18. The van der Waals surface area contributed by atoms with Gasteiger partial charge in [0.25, 0.3) is 0 Å². The molecule has 0 aromatic heterocycles. The number of aliphatic carboxylic acids is 1. The molecule has 0 aromatic rings. The van der Waals surface area contributed by atoms with Gasteiger partial charge in [-0.3, -0.25) is 9.59 Å².